The SMILES string of the molecule is CC(Oc1ccc(F)cc1Cl)c1nc(C2(N)CCC2)no1. The van der Waals surface area contributed by atoms with Crippen molar-refractivity contribution in [2.24, 2.45) is 5.73 Å². The lowest BCUT2D eigenvalue weighted by molar-refractivity contribution is 0.174. The Kier molecular flexibility index (Phi) is 3.59. The summed E-state index contributed by atoms with van der Waals surface area (Å²) in [5.74, 6) is 0.762. The van der Waals surface area contributed by atoms with Gasteiger partial charge >= 0.3 is 0 Å². The third kappa shape index (κ3) is 2.73. The number of nitrogens with zero attached hydrogens (tertiary/aromatic N) is 2. The van der Waals surface area contributed by atoms with Gasteiger partial charge in [-0.25, -0.2) is 4.39 Å². The minimum absolute atomic E-state index is 0.191. The topological polar surface area (TPSA) is 74.2 Å². The molecule has 1 aromatic heterocycles. The average Bonchev–Trinajstić information content (AvgIpc) is 2.89. The largest absolute Gasteiger partial charge is 0.479 e. The summed E-state index contributed by atoms with van der Waals surface area (Å²) in [5, 5.41) is 4.12. The van der Waals surface area contributed by atoms with Gasteiger partial charge in [0.2, 0.25) is 0 Å². The molecule has 5 nitrogen and oxygen atoms in total. The highest BCUT2D eigenvalue weighted by atomic mass is 35.5. The van der Waals surface area contributed by atoms with Crippen molar-refractivity contribution in [3.8, 4) is 5.75 Å². The number of hydrogen-bond acceptors (Lipinski definition) is 5. The molecule has 0 bridgehead atoms. The second-order valence-corrected chi connectivity index (χ2v) is 5.71. The van der Waals surface area contributed by atoms with Crippen molar-refractivity contribution in [2.75, 3.05) is 0 Å². The third-order valence-corrected chi connectivity index (χ3v) is 3.97. The molecular weight excluding hydrogens is 297 g/mol. The standard InChI is InChI=1S/C14H15ClFN3O2/c1-8(20-11-4-3-9(16)7-10(11)15)12-18-13(19-21-12)14(17)5-2-6-14/h3-4,7-8H,2,5-6,17H2,1H3. The summed E-state index contributed by atoms with van der Waals surface area (Å²) in [6.45, 7) is 1.75. The van der Waals surface area contributed by atoms with E-state index in [0.29, 0.717) is 17.5 Å². The van der Waals surface area contributed by atoms with Crippen LogP contribution in [0.5, 0.6) is 5.75 Å². The summed E-state index contributed by atoms with van der Waals surface area (Å²) in [4.78, 5) is 4.30. The molecule has 1 aromatic carbocycles. The quantitative estimate of drug-likeness (QED) is 0.937. The van der Waals surface area contributed by atoms with Gasteiger partial charge in [-0.2, -0.15) is 4.98 Å². The first-order chi connectivity index (χ1) is 9.98. The third-order valence-electron chi connectivity index (χ3n) is 3.68. The van der Waals surface area contributed by atoms with Crippen molar-refractivity contribution in [3.05, 3.63) is 40.8 Å². The van der Waals surface area contributed by atoms with E-state index in [1.165, 1.54) is 18.2 Å². The fourth-order valence-corrected chi connectivity index (χ4v) is 2.41. The van der Waals surface area contributed by atoms with Crippen LogP contribution in [0.1, 0.15) is 44.0 Å². The number of halogens is 2. The van der Waals surface area contributed by atoms with E-state index >= 15 is 0 Å². The minimum Gasteiger partial charge on any atom is -0.479 e. The van der Waals surface area contributed by atoms with Gasteiger partial charge in [-0.3, -0.25) is 0 Å². The molecule has 0 saturated heterocycles. The molecule has 1 saturated carbocycles. The predicted molar refractivity (Wildman–Crippen MR) is 74.5 cm³/mol. The molecule has 7 heteroatoms. The Balaban J connectivity index is 1.74. The Bertz CT molecular complexity index is 657. The fourth-order valence-electron chi connectivity index (χ4n) is 2.20. The second-order valence-electron chi connectivity index (χ2n) is 5.30. The fraction of sp³-hybridized carbons (Fsp3) is 0.429. The molecule has 2 N–H and O–H groups in total. The molecule has 0 radical (unpaired) electrons. The summed E-state index contributed by atoms with van der Waals surface area (Å²) in [6.07, 6.45) is 2.27. The number of nitrogens with two attached hydrogens (primary N) is 1. The Morgan fingerprint density at radius 2 is 2.24 bits per heavy atom. The Morgan fingerprint density at radius 1 is 1.48 bits per heavy atom. The van der Waals surface area contributed by atoms with Crippen molar-refractivity contribution in [1.82, 2.24) is 10.1 Å². The Hall–Kier alpha value is -1.66. The number of aromatic nitrogens is 2. The van der Waals surface area contributed by atoms with Crippen molar-refractivity contribution < 1.29 is 13.7 Å². The highest BCUT2D eigenvalue weighted by Gasteiger charge is 2.39. The number of ether oxygens (including phenoxy) is 1. The molecule has 1 fully saturated rings. The molecule has 3 rings (SSSR count). The maximum Gasteiger partial charge on any atom is 0.267 e. The van der Waals surface area contributed by atoms with Gasteiger partial charge in [0, 0.05) is 0 Å². The smallest absolute Gasteiger partial charge is 0.267 e. The van der Waals surface area contributed by atoms with E-state index in [0.717, 1.165) is 19.3 Å². The molecule has 0 spiro atoms. The Morgan fingerprint density at radius 3 is 2.86 bits per heavy atom. The van der Waals surface area contributed by atoms with E-state index in [-0.39, 0.29) is 5.02 Å². The second kappa shape index (κ2) is 5.27. The number of rotatable bonds is 4. The molecule has 1 unspecified atom stereocenters. The number of hydrogen-bond donors (Lipinski definition) is 1. The minimum atomic E-state index is -0.502. The molecule has 112 valence electrons. The van der Waals surface area contributed by atoms with Crippen LogP contribution >= 0.6 is 11.6 Å². The normalized spacial score (nSPS) is 18.1. The lowest BCUT2D eigenvalue weighted by atomic mass is 9.77. The zero-order valence-electron chi connectivity index (χ0n) is 11.5. The summed E-state index contributed by atoms with van der Waals surface area (Å²) in [5.41, 5.74) is 5.67. The van der Waals surface area contributed by atoms with E-state index in [1.807, 2.05) is 0 Å². The molecule has 0 amide bonds. The van der Waals surface area contributed by atoms with E-state index in [1.54, 1.807) is 6.92 Å². The first kappa shape index (κ1) is 14.3. The van der Waals surface area contributed by atoms with Gasteiger partial charge in [0.15, 0.2) is 11.9 Å². The van der Waals surface area contributed by atoms with Crippen LogP contribution in [0.3, 0.4) is 0 Å². The van der Waals surface area contributed by atoms with Crippen LogP contribution in [0.15, 0.2) is 22.7 Å². The van der Waals surface area contributed by atoms with Crippen molar-refractivity contribution in [1.29, 1.82) is 0 Å². The number of benzene rings is 1. The van der Waals surface area contributed by atoms with Gasteiger partial charge < -0.3 is 15.0 Å². The monoisotopic (exact) mass is 311 g/mol. The first-order valence-electron chi connectivity index (χ1n) is 6.73. The van der Waals surface area contributed by atoms with Gasteiger partial charge in [-0.15, -0.1) is 0 Å². The van der Waals surface area contributed by atoms with Crippen LogP contribution in [0.4, 0.5) is 4.39 Å². The van der Waals surface area contributed by atoms with Crippen LogP contribution in [-0.2, 0) is 5.54 Å². The van der Waals surface area contributed by atoms with Crippen LogP contribution in [-0.4, -0.2) is 10.1 Å². The molecule has 0 aliphatic heterocycles. The maximum absolute atomic E-state index is 13.0. The molecule has 1 heterocycles. The van der Waals surface area contributed by atoms with Crippen LogP contribution in [0.25, 0.3) is 0 Å². The lowest BCUT2D eigenvalue weighted by Gasteiger charge is -2.34. The van der Waals surface area contributed by atoms with Gasteiger partial charge in [-0.05, 0) is 44.4 Å². The summed E-state index contributed by atoms with van der Waals surface area (Å²) >= 11 is 5.92. The van der Waals surface area contributed by atoms with Crippen molar-refractivity contribution in [2.45, 2.75) is 37.8 Å². The highest BCUT2D eigenvalue weighted by Crippen LogP contribution is 2.37. The molecule has 21 heavy (non-hydrogen) atoms. The van der Waals surface area contributed by atoms with E-state index in [2.05, 4.69) is 10.1 Å². The van der Waals surface area contributed by atoms with Gasteiger partial charge in [0.1, 0.15) is 11.6 Å². The zero-order chi connectivity index (χ0) is 15.0. The van der Waals surface area contributed by atoms with Crippen LogP contribution in [0, 0.1) is 5.82 Å². The van der Waals surface area contributed by atoms with Crippen molar-refractivity contribution >= 4 is 11.6 Å². The first-order valence-corrected chi connectivity index (χ1v) is 7.10. The molecule has 1 aliphatic rings. The van der Waals surface area contributed by atoms with E-state index in [4.69, 9.17) is 26.6 Å². The van der Waals surface area contributed by atoms with Gasteiger partial charge in [0.05, 0.1) is 10.6 Å². The van der Waals surface area contributed by atoms with E-state index < -0.39 is 17.5 Å². The summed E-state index contributed by atoms with van der Waals surface area (Å²) in [7, 11) is 0. The van der Waals surface area contributed by atoms with Gasteiger partial charge in [0.25, 0.3) is 5.89 Å². The van der Waals surface area contributed by atoms with Gasteiger partial charge in [-0.1, -0.05) is 16.8 Å². The predicted octanol–water partition coefficient (Wildman–Crippen LogP) is 3.34. The molecule has 1 atom stereocenters. The summed E-state index contributed by atoms with van der Waals surface area (Å²) in [6, 6.07) is 3.92. The maximum atomic E-state index is 13.0. The van der Waals surface area contributed by atoms with Crippen molar-refractivity contribution in [3.63, 3.8) is 0 Å². The highest BCUT2D eigenvalue weighted by molar-refractivity contribution is 6.32. The lowest BCUT2D eigenvalue weighted by Crippen LogP contribution is -2.44. The summed E-state index contributed by atoms with van der Waals surface area (Å²) < 4.78 is 23.8. The molecule has 1 aliphatic carbocycles. The molecular formula is C14H15ClFN3O2. The zero-order valence-corrected chi connectivity index (χ0v) is 12.2. The van der Waals surface area contributed by atoms with Crippen LogP contribution < -0.4 is 10.5 Å². The van der Waals surface area contributed by atoms with E-state index in [9.17, 15) is 4.39 Å². The molecule has 2 aromatic rings. The average molecular weight is 312 g/mol. The Labute approximate surface area is 126 Å². The van der Waals surface area contributed by atoms with Crippen LogP contribution in [0.2, 0.25) is 5.02 Å².